The molecule has 14 nitrogen and oxygen atoms in total. The maximum absolute atomic E-state index is 8.25. The standard InChI is InChI=1S/Co.H4N2.3NO3/c;1-2;3*2-1(3)4/h;1-2H2;;;/q+3;;3*-1. The third kappa shape index (κ3) is 310. The molecule has 0 heterocycles. The van der Waals surface area contributed by atoms with Gasteiger partial charge in [-0.2, -0.15) is 0 Å². The Labute approximate surface area is 90.6 Å². The fraction of sp³-hybridized carbons (Fsp3) is 0. The molecule has 0 aromatic rings. The van der Waals surface area contributed by atoms with E-state index in [2.05, 4.69) is 11.7 Å². The Morgan fingerprint density at radius 1 is 0.600 bits per heavy atom. The van der Waals surface area contributed by atoms with Crippen molar-refractivity contribution in [3.63, 3.8) is 0 Å². The number of rotatable bonds is 0. The zero-order valence-corrected chi connectivity index (χ0v) is 7.54. The van der Waals surface area contributed by atoms with Gasteiger partial charge in [0.15, 0.2) is 0 Å². The monoisotopic (exact) mass is 277 g/mol. The average Bonchev–Trinajstić information content (AvgIpc) is 1.86. The van der Waals surface area contributed by atoms with E-state index in [-0.39, 0.29) is 16.8 Å². The first-order valence-electron chi connectivity index (χ1n) is 1.98. The normalized spacial score (nSPS) is 5.20. The van der Waals surface area contributed by atoms with Crippen molar-refractivity contribution in [1.82, 2.24) is 0 Å². The quantitative estimate of drug-likeness (QED) is 0.280. The van der Waals surface area contributed by atoms with Crippen molar-refractivity contribution in [2.45, 2.75) is 0 Å². The molecule has 0 bridgehead atoms. The Kier molecular flexibility index (Phi) is 57.7. The van der Waals surface area contributed by atoms with Gasteiger partial charge >= 0.3 is 16.8 Å². The number of hydrogen-bond acceptors (Lipinski definition) is 11. The minimum Gasteiger partial charge on any atom is -0.356 e. The molecule has 0 radical (unpaired) electrons. The molecule has 0 amide bonds. The van der Waals surface area contributed by atoms with Crippen LogP contribution in [0, 0.1) is 46.0 Å². The molecule has 0 aromatic heterocycles. The van der Waals surface area contributed by atoms with Crippen LogP contribution in [-0.2, 0) is 16.8 Å². The van der Waals surface area contributed by atoms with Gasteiger partial charge in [-0.25, -0.2) is 0 Å². The van der Waals surface area contributed by atoms with E-state index in [1.54, 1.807) is 0 Å². The minimum atomic E-state index is -1.75. The van der Waals surface area contributed by atoms with Crippen LogP contribution in [0.25, 0.3) is 0 Å². The van der Waals surface area contributed by atoms with E-state index in [1.807, 2.05) is 0 Å². The van der Waals surface area contributed by atoms with E-state index in [9.17, 15) is 0 Å². The van der Waals surface area contributed by atoms with Gasteiger partial charge in [0, 0.05) is 0 Å². The van der Waals surface area contributed by atoms with E-state index in [0.717, 1.165) is 0 Å². The van der Waals surface area contributed by atoms with E-state index < -0.39 is 15.3 Å². The minimum absolute atomic E-state index is 0. The summed E-state index contributed by atoms with van der Waals surface area (Å²) in [6.07, 6.45) is 0. The van der Waals surface area contributed by atoms with Crippen LogP contribution in [0.1, 0.15) is 0 Å². The fourth-order valence-electron chi connectivity index (χ4n) is 0. The molecule has 0 rings (SSSR count). The summed E-state index contributed by atoms with van der Waals surface area (Å²) in [7, 11) is 0. The maximum atomic E-state index is 8.25. The molecule has 0 aliphatic carbocycles. The molecule has 15 heteroatoms. The molecule has 0 spiro atoms. The smallest absolute Gasteiger partial charge is 0.356 e. The second kappa shape index (κ2) is 29.6. The van der Waals surface area contributed by atoms with Gasteiger partial charge in [0.25, 0.3) is 0 Å². The molecule has 0 aliphatic heterocycles. The fourth-order valence-corrected chi connectivity index (χ4v) is 0. The molecule has 0 saturated heterocycles. The molecule has 0 atom stereocenters. The van der Waals surface area contributed by atoms with Gasteiger partial charge in [-0.3, -0.25) is 11.7 Å². The third-order valence-corrected chi connectivity index (χ3v) is 0. The summed E-state index contributed by atoms with van der Waals surface area (Å²) in [5, 5.41) is 44.2. The summed E-state index contributed by atoms with van der Waals surface area (Å²) in [6.45, 7) is 0. The zero-order valence-electron chi connectivity index (χ0n) is 6.50. The first-order valence-corrected chi connectivity index (χ1v) is 1.98. The van der Waals surface area contributed by atoms with Crippen molar-refractivity contribution in [3.8, 4) is 0 Å². The molecule has 0 aliphatic rings. The largest absolute Gasteiger partial charge is 3.00 e. The Morgan fingerprint density at radius 2 is 0.600 bits per heavy atom. The molecule has 0 unspecified atom stereocenters. The molecule has 15 heavy (non-hydrogen) atoms. The number of nitrogens with two attached hydrogens (primary N) is 2. The van der Waals surface area contributed by atoms with Crippen molar-refractivity contribution in [1.29, 1.82) is 0 Å². The number of nitrogens with zero attached hydrogens (tertiary/aromatic N) is 3. The van der Waals surface area contributed by atoms with Crippen molar-refractivity contribution in [3.05, 3.63) is 46.0 Å². The predicted octanol–water partition coefficient (Wildman–Crippen LogP) is -1.90. The van der Waals surface area contributed by atoms with Crippen LogP contribution in [0.3, 0.4) is 0 Å². The SMILES string of the molecule is NN.O=[N+]([O-])[O-].O=[N+]([O-])[O-].O=[N+]([O-])[O-].[Co+3]. The molecule has 0 saturated carbocycles. The van der Waals surface area contributed by atoms with E-state index in [4.69, 9.17) is 46.0 Å². The van der Waals surface area contributed by atoms with Crippen LogP contribution in [-0.4, -0.2) is 15.3 Å². The van der Waals surface area contributed by atoms with Crippen LogP contribution in [0.15, 0.2) is 0 Å². The van der Waals surface area contributed by atoms with Gasteiger partial charge in [0.2, 0.25) is 0 Å². The van der Waals surface area contributed by atoms with Crippen LogP contribution >= 0.6 is 0 Å². The predicted molar refractivity (Wildman–Crippen MR) is 39.5 cm³/mol. The zero-order chi connectivity index (χ0) is 12.7. The summed E-state index contributed by atoms with van der Waals surface area (Å²) >= 11 is 0. The van der Waals surface area contributed by atoms with Crippen molar-refractivity contribution < 1.29 is 32.0 Å². The summed E-state index contributed by atoms with van der Waals surface area (Å²) in [5.74, 6) is 8.00. The van der Waals surface area contributed by atoms with E-state index in [0.29, 0.717) is 0 Å². The molecule has 92 valence electrons. The number of hydrogen-bond donors (Lipinski definition) is 2. The van der Waals surface area contributed by atoms with Crippen LogP contribution in [0.4, 0.5) is 0 Å². The average molecular weight is 277 g/mol. The van der Waals surface area contributed by atoms with Crippen LogP contribution < -0.4 is 11.7 Å². The van der Waals surface area contributed by atoms with Gasteiger partial charge < -0.3 is 46.0 Å². The topological polar surface area (TPSA) is 251 Å². The van der Waals surface area contributed by atoms with E-state index >= 15 is 0 Å². The molecule has 0 aromatic carbocycles. The maximum Gasteiger partial charge on any atom is 3.00 e. The Morgan fingerprint density at radius 3 is 0.600 bits per heavy atom. The first-order chi connectivity index (χ1) is 6.20. The van der Waals surface area contributed by atoms with Crippen molar-refractivity contribution >= 4 is 0 Å². The molecular formula is H4CoN5O9. The summed E-state index contributed by atoms with van der Waals surface area (Å²) < 4.78 is 0. The molecule has 0 fully saturated rings. The van der Waals surface area contributed by atoms with Gasteiger partial charge in [0.1, 0.15) is 0 Å². The third-order valence-electron chi connectivity index (χ3n) is 0. The molecular weight excluding hydrogens is 273 g/mol. The Balaban J connectivity index is -0.0000000298. The summed E-state index contributed by atoms with van der Waals surface area (Å²) in [6, 6.07) is 0. The van der Waals surface area contributed by atoms with E-state index in [1.165, 1.54) is 0 Å². The summed E-state index contributed by atoms with van der Waals surface area (Å²) in [5.41, 5.74) is 0. The van der Waals surface area contributed by atoms with Gasteiger partial charge in [0.05, 0.1) is 15.3 Å². The van der Waals surface area contributed by atoms with Crippen LogP contribution in [0.2, 0.25) is 0 Å². The van der Waals surface area contributed by atoms with Gasteiger partial charge in [-0.1, -0.05) is 0 Å². The number of hydrazine groups is 1. The summed E-state index contributed by atoms with van der Waals surface area (Å²) in [4.78, 5) is 24.8. The van der Waals surface area contributed by atoms with Crippen molar-refractivity contribution in [2.24, 2.45) is 11.7 Å². The first kappa shape index (κ1) is 29.2. The Bertz CT molecular complexity index is 116. The van der Waals surface area contributed by atoms with Gasteiger partial charge in [-0.05, 0) is 0 Å². The van der Waals surface area contributed by atoms with Gasteiger partial charge in [-0.15, -0.1) is 0 Å². The van der Waals surface area contributed by atoms with Crippen LogP contribution in [0.5, 0.6) is 0 Å². The molecule has 4 N–H and O–H groups in total. The van der Waals surface area contributed by atoms with Crippen molar-refractivity contribution in [2.75, 3.05) is 0 Å². The second-order valence-corrected chi connectivity index (χ2v) is 0.671. The second-order valence-electron chi connectivity index (χ2n) is 0.671. The Hall–Kier alpha value is -1.97.